The predicted molar refractivity (Wildman–Crippen MR) is 103 cm³/mol. The molecule has 0 radical (unpaired) electrons. The molecule has 0 spiro atoms. The third-order valence-corrected chi connectivity index (χ3v) is 4.69. The smallest absolute Gasteiger partial charge is 0.132 e. The van der Waals surface area contributed by atoms with Gasteiger partial charge in [-0.1, -0.05) is 29.8 Å². The Morgan fingerprint density at radius 2 is 1.15 bits per heavy atom. The molecule has 134 valence electrons. The fourth-order valence-electron chi connectivity index (χ4n) is 3.14. The first-order valence-electron chi connectivity index (χ1n) is 8.14. The quantitative estimate of drug-likeness (QED) is 0.414. The molecule has 0 aliphatic heterocycles. The normalized spacial score (nSPS) is 11.1. The number of rotatable bonds is 2. The maximum Gasteiger partial charge on any atom is 0.132 e. The number of aromatic hydroxyl groups is 2. The standard InChI is InChI=1S/C22H13ClF2O2/c23-14-5-6-16(20(25)11-14)18-8-12-7-17(15-3-1-2-4-19(15)24)21(26)9-13(12)10-22(18)27/h1-11,26-27H. The van der Waals surface area contributed by atoms with E-state index in [-0.39, 0.29) is 33.2 Å². The summed E-state index contributed by atoms with van der Waals surface area (Å²) in [6.07, 6.45) is 0. The van der Waals surface area contributed by atoms with Gasteiger partial charge in [0, 0.05) is 27.3 Å². The highest BCUT2D eigenvalue weighted by molar-refractivity contribution is 6.30. The van der Waals surface area contributed by atoms with E-state index in [1.165, 1.54) is 36.4 Å². The molecule has 4 aromatic rings. The average Bonchev–Trinajstić information content (AvgIpc) is 2.62. The molecular weight excluding hydrogens is 370 g/mol. The second kappa shape index (κ2) is 6.56. The summed E-state index contributed by atoms with van der Waals surface area (Å²) in [6, 6.07) is 16.4. The number of phenols is 2. The topological polar surface area (TPSA) is 40.5 Å². The summed E-state index contributed by atoms with van der Waals surface area (Å²) < 4.78 is 28.4. The first-order valence-corrected chi connectivity index (χ1v) is 8.52. The van der Waals surface area contributed by atoms with Crippen LogP contribution in [0.15, 0.2) is 66.7 Å². The van der Waals surface area contributed by atoms with E-state index in [4.69, 9.17) is 11.6 Å². The molecule has 27 heavy (non-hydrogen) atoms. The summed E-state index contributed by atoms with van der Waals surface area (Å²) in [4.78, 5) is 0. The first-order chi connectivity index (χ1) is 12.9. The average molecular weight is 383 g/mol. The van der Waals surface area contributed by atoms with E-state index in [1.54, 1.807) is 30.3 Å². The predicted octanol–water partition coefficient (Wildman–Crippen LogP) is 6.52. The van der Waals surface area contributed by atoms with E-state index < -0.39 is 11.6 Å². The van der Waals surface area contributed by atoms with Gasteiger partial charge in [0.1, 0.15) is 23.1 Å². The van der Waals surface area contributed by atoms with Gasteiger partial charge in [-0.15, -0.1) is 0 Å². The Labute approximate surface area is 158 Å². The second-order valence-electron chi connectivity index (χ2n) is 6.19. The van der Waals surface area contributed by atoms with Crippen LogP contribution in [-0.4, -0.2) is 10.2 Å². The van der Waals surface area contributed by atoms with E-state index in [1.807, 2.05) is 0 Å². The van der Waals surface area contributed by atoms with Crippen LogP contribution in [0.5, 0.6) is 11.5 Å². The molecule has 0 aromatic heterocycles. The molecular formula is C22H13ClF2O2. The van der Waals surface area contributed by atoms with E-state index in [2.05, 4.69) is 0 Å². The summed E-state index contributed by atoms with van der Waals surface area (Å²) in [5.41, 5.74) is 1.04. The number of fused-ring (bicyclic) bond motifs is 1. The lowest BCUT2D eigenvalue weighted by Crippen LogP contribution is -1.88. The van der Waals surface area contributed by atoms with Crippen molar-refractivity contribution in [2.45, 2.75) is 0 Å². The van der Waals surface area contributed by atoms with Crippen LogP contribution < -0.4 is 0 Å². The number of hydrogen-bond acceptors (Lipinski definition) is 2. The van der Waals surface area contributed by atoms with Crippen LogP contribution in [0.4, 0.5) is 8.78 Å². The molecule has 0 aliphatic carbocycles. The van der Waals surface area contributed by atoms with Crippen molar-refractivity contribution in [3.8, 4) is 33.8 Å². The second-order valence-corrected chi connectivity index (χ2v) is 6.63. The van der Waals surface area contributed by atoms with E-state index >= 15 is 0 Å². The maximum atomic E-state index is 14.3. The minimum Gasteiger partial charge on any atom is -0.507 e. The fourth-order valence-corrected chi connectivity index (χ4v) is 3.30. The Morgan fingerprint density at radius 3 is 1.74 bits per heavy atom. The van der Waals surface area contributed by atoms with Crippen molar-refractivity contribution < 1.29 is 19.0 Å². The van der Waals surface area contributed by atoms with Crippen LogP contribution >= 0.6 is 11.6 Å². The number of hydrogen-bond donors (Lipinski definition) is 2. The van der Waals surface area contributed by atoms with Crippen LogP contribution in [0.2, 0.25) is 5.02 Å². The van der Waals surface area contributed by atoms with Crippen molar-refractivity contribution in [1.82, 2.24) is 0 Å². The summed E-state index contributed by atoms with van der Waals surface area (Å²) in [5.74, 6) is -1.28. The van der Waals surface area contributed by atoms with Crippen LogP contribution in [0.25, 0.3) is 33.0 Å². The highest BCUT2D eigenvalue weighted by atomic mass is 35.5. The molecule has 0 fully saturated rings. The van der Waals surface area contributed by atoms with Gasteiger partial charge in [-0.3, -0.25) is 0 Å². The van der Waals surface area contributed by atoms with Gasteiger partial charge in [-0.05, 0) is 59.3 Å². The van der Waals surface area contributed by atoms with Gasteiger partial charge in [-0.2, -0.15) is 0 Å². The van der Waals surface area contributed by atoms with Crippen molar-refractivity contribution >= 4 is 22.4 Å². The number of benzene rings is 4. The zero-order valence-corrected chi connectivity index (χ0v) is 14.6. The Balaban J connectivity index is 1.95. The summed E-state index contributed by atoms with van der Waals surface area (Å²) in [5, 5.41) is 22.1. The van der Waals surface area contributed by atoms with E-state index in [9.17, 15) is 19.0 Å². The van der Waals surface area contributed by atoms with Gasteiger partial charge in [0.2, 0.25) is 0 Å². The van der Waals surface area contributed by atoms with E-state index in [0.29, 0.717) is 16.3 Å². The molecule has 5 heteroatoms. The van der Waals surface area contributed by atoms with Gasteiger partial charge in [0.05, 0.1) is 0 Å². The van der Waals surface area contributed by atoms with Crippen LogP contribution in [0.3, 0.4) is 0 Å². The molecule has 2 N–H and O–H groups in total. The fraction of sp³-hybridized carbons (Fsp3) is 0. The molecule has 0 saturated heterocycles. The molecule has 0 bridgehead atoms. The van der Waals surface area contributed by atoms with Crippen LogP contribution in [0, 0.1) is 11.6 Å². The van der Waals surface area contributed by atoms with Crippen molar-refractivity contribution in [2.75, 3.05) is 0 Å². The highest BCUT2D eigenvalue weighted by Gasteiger charge is 2.15. The third-order valence-electron chi connectivity index (χ3n) is 4.45. The van der Waals surface area contributed by atoms with Crippen molar-refractivity contribution in [3.63, 3.8) is 0 Å². The molecule has 0 unspecified atom stereocenters. The Morgan fingerprint density at radius 1 is 0.593 bits per heavy atom. The van der Waals surface area contributed by atoms with Crippen LogP contribution in [-0.2, 0) is 0 Å². The highest BCUT2D eigenvalue weighted by Crippen LogP contribution is 2.40. The van der Waals surface area contributed by atoms with Crippen LogP contribution in [0.1, 0.15) is 0 Å². The molecule has 4 rings (SSSR count). The summed E-state index contributed by atoms with van der Waals surface area (Å²) in [6.45, 7) is 0. The monoisotopic (exact) mass is 382 g/mol. The third kappa shape index (κ3) is 3.09. The zero-order valence-electron chi connectivity index (χ0n) is 13.9. The van der Waals surface area contributed by atoms with Crippen molar-refractivity contribution in [1.29, 1.82) is 0 Å². The van der Waals surface area contributed by atoms with Gasteiger partial charge >= 0.3 is 0 Å². The van der Waals surface area contributed by atoms with Crippen molar-refractivity contribution in [2.24, 2.45) is 0 Å². The van der Waals surface area contributed by atoms with Gasteiger partial charge in [0.15, 0.2) is 0 Å². The molecule has 4 aromatic carbocycles. The lowest BCUT2D eigenvalue weighted by Gasteiger charge is -2.12. The maximum absolute atomic E-state index is 14.3. The molecule has 0 aliphatic rings. The van der Waals surface area contributed by atoms with E-state index in [0.717, 1.165) is 0 Å². The molecule has 0 atom stereocenters. The first kappa shape index (κ1) is 17.3. The van der Waals surface area contributed by atoms with Gasteiger partial charge < -0.3 is 10.2 Å². The number of halogens is 3. The molecule has 2 nitrogen and oxygen atoms in total. The Kier molecular flexibility index (Phi) is 4.21. The van der Waals surface area contributed by atoms with Gasteiger partial charge in [0.25, 0.3) is 0 Å². The summed E-state index contributed by atoms with van der Waals surface area (Å²) in [7, 11) is 0. The minimum atomic E-state index is -0.565. The largest absolute Gasteiger partial charge is 0.507 e. The van der Waals surface area contributed by atoms with Crippen molar-refractivity contribution in [3.05, 3.63) is 83.4 Å². The molecule has 0 heterocycles. The SMILES string of the molecule is Oc1cc2cc(O)c(-c3ccc(Cl)cc3F)cc2cc1-c1ccccc1F. The molecule has 0 saturated carbocycles. The van der Waals surface area contributed by atoms with Gasteiger partial charge in [-0.25, -0.2) is 8.78 Å². The lowest BCUT2D eigenvalue weighted by atomic mass is 9.95. The number of phenolic OH excluding ortho intramolecular Hbond substituents is 2. The molecule has 0 amide bonds. The minimum absolute atomic E-state index is 0.113. The Hall–Kier alpha value is -3.11. The zero-order chi connectivity index (χ0) is 19.1. The summed E-state index contributed by atoms with van der Waals surface area (Å²) >= 11 is 5.79. The lowest BCUT2D eigenvalue weighted by molar-refractivity contribution is 0.476. The Bertz CT molecular complexity index is 1190.